The van der Waals surface area contributed by atoms with Crippen LogP contribution in [-0.2, 0) is 6.42 Å². The van der Waals surface area contributed by atoms with E-state index in [1.165, 1.54) is 10.3 Å². The molecule has 0 N–H and O–H groups in total. The number of thiazole rings is 1. The zero-order valence-corrected chi connectivity index (χ0v) is 13.8. The van der Waals surface area contributed by atoms with Crippen molar-refractivity contribution in [1.82, 2.24) is 4.98 Å². The molecule has 0 amide bonds. The predicted octanol–water partition coefficient (Wildman–Crippen LogP) is 5.20. The van der Waals surface area contributed by atoms with E-state index in [0.717, 1.165) is 27.8 Å². The summed E-state index contributed by atoms with van der Waals surface area (Å²) in [7, 11) is 0. The molecule has 0 atom stereocenters. The first kappa shape index (κ1) is 15.1. The number of para-hydroxylation sites is 2. The van der Waals surface area contributed by atoms with E-state index in [1.54, 1.807) is 23.1 Å². The molecule has 0 saturated carbocycles. The lowest BCUT2D eigenvalue weighted by atomic mass is 10.1. The van der Waals surface area contributed by atoms with Gasteiger partial charge >= 0.3 is 0 Å². The van der Waals surface area contributed by atoms with Crippen molar-refractivity contribution in [3.8, 4) is 5.75 Å². The van der Waals surface area contributed by atoms with Gasteiger partial charge < -0.3 is 4.74 Å². The number of hydrogen-bond donors (Lipinski definition) is 0. The molecule has 0 spiro atoms. The lowest BCUT2D eigenvalue weighted by Crippen LogP contribution is -2.02. The Morgan fingerprint density at radius 1 is 1.14 bits per heavy atom. The van der Waals surface area contributed by atoms with Gasteiger partial charge in [0.25, 0.3) is 0 Å². The van der Waals surface area contributed by atoms with Gasteiger partial charge in [-0.25, -0.2) is 4.98 Å². The minimum atomic E-state index is 0.675. The van der Waals surface area contributed by atoms with E-state index in [-0.39, 0.29) is 0 Å². The average molecular weight is 327 g/mol. The van der Waals surface area contributed by atoms with Gasteiger partial charge in [-0.05, 0) is 30.2 Å². The number of allylic oxidation sites excluding steroid dienone is 1. The zero-order valence-electron chi connectivity index (χ0n) is 12.2. The van der Waals surface area contributed by atoms with Crippen LogP contribution < -0.4 is 4.74 Å². The summed E-state index contributed by atoms with van der Waals surface area (Å²) in [6.45, 7) is 4.46. The summed E-state index contributed by atoms with van der Waals surface area (Å²) in [5.41, 5.74) is 2.26. The number of rotatable bonds is 7. The quantitative estimate of drug-likeness (QED) is 0.338. The van der Waals surface area contributed by atoms with E-state index < -0.39 is 0 Å². The van der Waals surface area contributed by atoms with Gasteiger partial charge in [-0.1, -0.05) is 48.2 Å². The van der Waals surface area contributed by atoms with Crippen molar-refractivity contribution in [1.29, 1.82) is 0 Å². The van der Waals surface area contributed by atoms with Crippen LogP contribution in [0.4, 0.5) is 0 Å². The molecule has 0 bridgehead atoms. The van der Waals surface area contributed by atoms with E-state index >= 15 is 0 Å². The molecule has 3 aromatic rings. The highest BCUT2D eigenvalue weighted by atomic mass is 32.2. The summed E-state index contributed by atoms with van der Waals surface area (Å²) in [6, 6.07) is 16.4. The van der Waals surface area contributed by atoms with Gasteiger partial charge in [0.1, 0.15) is 5.75 Å². The van der Waals surface area contributed by atoms with E-state index in [9.17, 15) is 0 Å². The van der Waals surface area contributed by atoms with Crippen LogP contribution >= 0.6 is 23.1 Å². The highest BCUT2D eigenvalue weighted by Crippen LogP contribution is 2.29. The Hall–Kier alpha value is -1.78. The highest BCUT2D eigenvalue weighted by molar-refractivity contribution is 8.01. The summed E-state index contributed by atoms with van der Waals surface area (Å²) in [6.07, 6.45) is 2.74. The molecule has 1 aromatic heterocycles. The first-order valence-corrected chi connectivity index (χ1v) is 8.97. The van der Waals surface area contributed by atoms with Crippen molar-refractivity contribution >= 4 is 33.3 Å². The van der Waals surface area contributed by atoms with Crippen LogP contribution in [0, 0.1) is 0 Å². The Balaban J connectivity index is 1.54. The van der Waals surface area contributed by atoms with Crippen molar-refractivity contribution in [2.24, 2.45) is 0 Å². The SMILES string of the molecule is C=CCc1ccccc1OCCSc1nc2ccccc2s1. The van der Waals surface area contributed by atoms with Gasteiger partial charge in [-0.3, -0.25) is 0 Å². The summed E-state index contributed by atoms with van der Waals surface area (Å²) in [5.74, 6) is 1.84. The van der Waals surface area contributed by atoms with E-state index in [4.69, 9.17) is 4.74 Å². The Bertz CT molecular complexity index is 733. The molecule has 0 aliphatic heterocycles. The summed E-state index contributed by atoms with van der Waals surface area (Å²) >= 11 is 3.48. The fraction of sp³-hybridized carbons (Fsp3) is 0.167. The molecule has 0 aliphatic carbocycles. The highest BCUT2D eigenvalue weighted by Gasteiger charge is 2.05. The van der Waals surface area contributed by atoms with Crippen LogP contribution in [0.25, 0.3) is 10.2 Å². The van der Waals surface area contributed by atoms with E-state index in [2.05, 4.69) is 35.8 Å². The normalized spacial score (nSPS) is 10.7. The van der Waals surface area contributed by atoms with Crippen LogP contribution in [0.3, 0.4) is 0 Å². The number of hydrogen-bond acceptors (Lipinski definition) is 4. The monoisotopic (exact) mass is 327 g/mol. The third-order valence-electron chi connectivity index (χ3n) is 3.18. The first-order chi connectivity index (χ1) is 10.9. The molecule has 2 aromatic carbocycles. The van der Waals surface area contributed by atoms with Crippen molar-refractivity contribution in [2.75, 3.05) is 12.4 Å². The smallest absolute Gasteiger partial charge is 0.151 e. The summed E-state index contributed by atoms with van der Waals surface area (Å²) < 4.78 is 8.23. The Morgan fingerprint density at radius 2 is 1.95 bits per heavy atom. The maximum Gasteiger partial charge on any atom is 0.151 e. The second-order valence-corrected chi connectivity index (χ2v) is 7.12. The van der Waals surface area contributed by atoms with Crippen molar-refractivity contribution in [2.45, 2.75) is 10.8 Å². The molecule has 0 aliphatic rings. The topological polar surface area (TPSA) is 22.1 Å². The minimum Gasteiger partial charge on any atom is -0.492 e. The van der Waals surface area contributed by atoms with Crippen molar-refractivity contribution in [3.05, 3.63) is 66.7 Å². The molecule has 1 heterocycles. The van der Waals surface area contributed by atoms with E-state index in [0.29, 0.717) is 6.61 Å². The van der Waals surface area contributed by atoms with Crippen molar-refractivity contribution < 1.29 is 4.74 Å². The molecule has 22 heavy (non-hydrogen) atoms. The van der Waals surface area contributed by atoms with Gasteiger partial charge in [-0.2, -0.15) is 0 Å². The third-order valence-corrected chi connectivity index (χ3v) is 5.32. The van der Waals surface area contributed by atoms with Crippen LogP contribution in [0.1, 0.15) is 5.56 Å². The molecule has 2 nitrogen and oxygen atoms in total. The Kier molecular flexibility index (Phi) is 5.14. The molecule has 0 unspecified atom stereocenters. The predicted molar refractivity (Wildman–Crippen MR) is 96.2 cm³/mol. The Labute approximate surface area is 138 Å². The fourth-order valence-corrected chi connectivity index (χ4v) is 4.12. The van der Waals surface area contributed by atoms with Gasteiger partial charge in [0.2, 0.25) is 0 Å². The number of ether oxygens (including phenoxy) is 1. The molecule has 112 valence electrons. The molecule has 4 heteroatoms. The molecule has 0 radical (unpaired) electrons. The number of thioether (sulfide) groups is 1. The van der Waals surface area contributed by atoms with Gasteiger partial charge in [0.05, 0.1) is 16.8 Å². The zero-order chi connectivity index (χ0) is 15.2. The van der Waals surface area contributed by atoms with Gasteiger partial charge in [-0.15, -0.1) is 17.9 Å². The third kappa shape index (κ3) is 3.70. The number of fused-ring (bicyclic) bond motifs is 1. The summed E-state index contributed by atoms with van der Waals surface area (Å²) in [5, 5.41) is 0. The molecule has 3 rings (SSSR count). The van der Waals surface area contributed by atoms with Crippen molar-refractivity contribution in [3.63, 3.8) is 0 Å². The standard InChI is InChI=1S/C18H17NOS2/c1-2-7-14-8-3-5-10-16(14)20-12-13-21-18-19-15-9-4-6-11-17(15)22-18/h2-6,8-11H,1,7,12-13H2. The Morgan fingerprint density at radius 3 is 2.82 bits per heavy atom. The van der Waals surface area contributed by atoms with E-state index in [1.807, 2.05) is 30.3 Å². The molecule has 0 saturated heterocycles. The average Bonchev–Trinajstić information content (AvgIpc) is 2.96. The fourth-order valence-electron chi connectivity index (χ4n) is 2.16. The van der Waals surface area contributed by atoms with Crippen LogP contribution in [0.15, 0.2) is 65.5 Å². The van der Waals surface area contributed by atoms with Crippen LogP contribution in [0.2, 0.25) is 0 Å². The van der Waals surface area contributed by atoms with Gasteiger partial charge in [0, 0.05) is 5.75 Å². The lowest BCUT2D eigenvalue weighted by molar-refractivity contribution is 0.341. The maximum atomic E-state index is 5.89. The number of nitrogens with zero attached hydrogens (tertiary/aromatic N) is 1. The molecular weight excluding hydrogens is 310 g/mol. The summed E-state index contributed by atoms with van der Waals surface area (Å²) in [4.78, 5) is 4.62. The second kappa shape index (κ2) is 7.47. The number of aromatic nitrogens is 1. The molecule has 0 fully saturated rings. The second-order valence-electron chi connectivity index (χ2n) is 4.74. The minimum absolute atomic E-state index is 0.675. The lowest BCUT2D eigenvalue weighted by Gasteiger charge is -2.09. The number of benzene rings is 2. The van der Waals surface area contributed by atoms with Crippen LogP contribution in [0.5, 0.6) is 5.75 Å². The molecular formula is C18H17NOS2. The first-order valence-electron chi connectivity index (χ1n) is 7.17. The maximum absolute atomic E-state index is 5.89. The van der Waals surface area contributed by atoms with Crippen LogP contribution in [-0.4, -0.2) is 17.3 Å². The largest absolute Gasteiger partial charge is 0.492 e. The van der Waals surface area contributed by atoms with Gasteiger partial charge in [0.15, 0.2) is 4.34 Å².